The molecule has 0 unspecified atom stereocenters. The Balaban J connectivity index is 1.72. The summed E-state index contributed by atoms with van der Waals surface area (Å²) in [7, 11) is 0. The summed E-state index contributed by atoms with van der Waals surface area (Å²) in [5, 5.41) is 14.3. The molecular weight excluding hydrogens is 398 g/mol. The fourth-order valence-electron chi connectivity index (χ4n) is 3.91. The lowest BCUT2D eigenvalue weighted by molar-refractivity contribution is -0.384. The number of nitrogens with zero attached hydrogens (tertiary/aromatic N) is 2. The Bertz CT molecular complexity index is 1000. The lowest BCUT2D eigenvalue weighted by Gasteiger charge is -2.18. The second kappa shape index (κ2) is 9.16. The predicted octanol–water partition coefficient (Wildman–Crippen LogP) is 4.30. The van der Waals surface area contributed by atoms with Gasteiger partial charge in [0, 0.05) is 24.8 Å². The first-order valence-electron chi connectivity index (χ1n) is 10.3. The average molecular weight is 425 g/mol. The highest BCUT2D eigenvalue weighted by Crippen LogP contribution is 2.32. The molecule has 8 nitrogen and oxygen atoms in total. The van der Waals surface area contributed by atoms with E-state index in [4.69, 9.17) is 4.74 Å². The lowest BCUT2D eigenvalue weighted by atomic mass is 10.0. The van der Waals surface area contributed by atoms with Crippen LogP contribution in [0.3, 0.4) is 0 Å². The Morgan fingerprint density at radius 1 is 1.10 bits per heavy atom. The summed E-state index contributed by atoms with van der Waals surface area (Å²) in [5.41, 5.74) is 4.00. The summed E-state index contributed by atoms with van der Waals surface area (Å²) in [6, 6.07) is 8.21. The van der Waals surface area contributed by atoms with Crippen molar-refractivity contribution in [2.75, 3.05) is 23.3 Å². The normalized spacial score (nSPS) is 14.3. The number of nitro benzene ring substituents is 1. The van der Waals surface area contributed by atoms with Crippen molar-refractivity contribution >= 4 is 28.9 Å². The van der Waals surface area contributed by atoms with Gasteiger partial charge in [-0.25, -0.2) is 4.79 Å². The van der Waals surface area contributed by atoms with Crippen LogP contribution in [-0.2, 0) is 9.53 Å². The number of rotatable bonds is 6. The summed E-state index contributed by atoms with van der Waals surface area (Å²) in [4.78, 5) is 38.1. The van der Waals surface area contributed by atoms with Crippen LogP contribution in [0.25, 0.3) is 0 Å². The Labute approximate surface area is 181 Å². The molecule has 8 heteroatoms. The van der Waals surface area contributed by atoms with Crippen molar-refractivity contribution in [3.05, 3.63) is 62.7 Å². The molecule has 1 saturated heterocycles. The maximum absolute atomic E-state index is 12.6. The SMILES string of the molecule is Cc1cc(C)c(NC(=O)[C@@H](C)OC(=O)c2ccc(N3CCCC3)c([N+](=O)[O-])c2)c(C)c1. The third-order valence-electron chi connectivity index (χ3n) is 5.43. The molecule has 0 radical (unpaired) electrons. The topological polar surface area (TPSA) is 102 Å². The fraction of sp³-hybridized carbons (Fsp3) is 0.391. The Hall–Kier alpha value is -3.42. The van der Waals surface area contributed by atoms with Gasteiger partial charge in [-0.1, -0.05) is 17.7 Å². The first-order valence-corrected chi connectivity index (χ1v) is 10.3. The van der Waals surface area contributed by atoms with Crippen LogP contribution in [0, 0.1) is 30.9 Å². The molecule has 1 N–H and O–H groups in total. The van der Waals surface area contributed by atoms with Crippen LogP contribution in [0.2, 0.25) is 0 Å². The highest BCUT2D eigenvalue weighted by molar-refractivity contribution is 5.98. The molecule has 1 amide bonds. The van der Waals surface area contributed by atoms with E-state index in [1.165, 1.54) is 19.1 Å². The Kier molecular flexibility index (Phi) is 6.58. The minimum absolute atomic E-state index is 0.0389. The van der Waals surface area contributed by atoms with E-state index in [0.29, 0.717) is 11.4 Å². The number of nitro groups is 1. The molecule has 3 rings (SSSR count). The number of nitrogens with one attached hydrogen (secondary N) is 1. The van der Waals surface area contributed by atoms with Gasteiger partial charge in [-0.15, -0.1) is 0 Å². The van der Waals surface area contributed by atoms with Gasteiger partial charge in [0.15, 0.2) is 6.10 Å². The lowest BCUT2D eigenvalue weighted by Crippen LogP contribution is -2.30. The zero-order chi connectivity index (χ0) is 22.7. The molecule has 0 bridgehead atoms. The summed E-state index contributed by atoms with van der Waals surface area (Å²) < 4.78 is 5.29. The van der Waals surface area contributed by atoms with Gasteiger partial charge in [0.05, 0.1) is 10.5 Å². The second-order valence-electron chi connectivity index (χ2n) is 7.97. The molecule has 1 atom stereocenters. The van der Waals surface area contributed by atoms with Crippen molar-refractivity contribution in [3.8, 4) is 0 Å². The number of anilines is 2. The highest BCUT2D eigenvalue weighted by Gasteiger charge is 2.26. The number of hydrogen-bond acceptors (Lipinski definition) is 6. The van der Waals surface area contributed by atoms with Crippen LogP contribution in [0.15, 0.2) is 30.3 Å². The molecule has 0 aliphatic carbocycles. The van der Waals surface area contributed by atoms with Crippen molar-refractivity contribution in [2.24, 2.45) is 0 Å². The van der Waals surface area contributed by atoms with Gasteiger partial charge >= 0.3 is 5.97 Å². The molecular formula is C23H27N3O5. The molecule has 0 spiro atoms. The number of esters is 1. The van der Waals surface area contributed by atoms with E-state index < -0.39 is 22.9 Å². The Morgan fingerprint density at radius 3 is 2.29 bits per heavy atom. The van der Waals surface area contributed by atoms with E-state index >= 15 is 0 Å². The van der Waals surface area contributed by atoms with Gasteiger partial charge in [-0.05, 0) is 63.8 Å². The number of carbonyl (C=O) groups is 2. The minimum Gasteiger partial charge on any atom is -0.449 e. The van der Waals surface area contributed by atoms with E-state index in [1.807, 2.05) is 37.8 Å². The number of benzene rings is 2. The largest absolute Gasteiger partial charge is 0.449 e. The smallest absolute Gasteiger partial charge is 0.339 e. The maximum atomic E-state index is 12.6. The van der Waals surface area contributed by atoms with Crippen LogP contribution >= 0.6 is 0 Å². The van der Waals surface area contributed by atoms with Gasteiger partial charge < -0.3 is 15.0 Å². The van der Waals surface area contributed by atoms with Crippen molar-refractivity contribution in [1.29, 1.82) is 0 Å². The zero-order valence-corrected chi connectivity index (χ0v) is 18.2. The zero-order valence-electron chi connectivity index (χ0n) is 18.2. The van der Waals surface area contributed by atoms with Crippen LogP contribution in [0.4, 0.5) is 17.1 Å². The highest BCUT2D eigenvalue weighted by atomic mass is 16.6. The first-order chi connectivity index (χ1) is 14.7. The van der Waals surface area contributed by atoms with Crippen molar-refractivity contribution < 1.29 is 19.2 Å². The third-order valence-corrected chi connectivity index (χ3v) is 5.43. The van der Waals surface area contributed by atoms with E-state index in [-0.39, 0.29) is 11.3 Å². The molecule has 1 aliphatic rings. The first kappa shape index (κ1) is 22.3. The maximum Gasteiger partial charge on any atom is 0.339 e. The van der Waals surface area contributed by atoms with Gasteiger partial charge in [0.1, 0.15) is 5.69 Å². The molecule has 1 fully saturated rings. The Morgan fingerprint density at radius 2 is 1.71 bits per heavy atom. The number of hydrogen-bond donors (Lipinski definition) is 1. The monoisotopic (exact) mass is 425 g/mol. The van der Waals surface area contributed by atoms with Gasteiger partial charge in [0.2, 0.25) is 0 Å². The van der Waals surface area contributed by atoms with E-state index in [9.17, 15) is 19.7 Å². The summed E-state index contributed by atoms with van der Waals surface area (Å²) in [5.74, 6) is -1.25. The minimum atomic E-state index is -1.06. The quantitative estimate of drug-likeness (QED) is 0.420. The van der Waals surface area contributed by atoms with Crippen LogP contribution in [0.5, 0.6) is 0 Å². The summed E-state index contributed by atoms with van der Waals surface area (Å²) in [6.07, 6.45) is 0.894. The molecule has 2 aromatic rings. The van der Waals surface area contributed by atoms with E-state index in [0.717, 1.165) is 42.6 Å². The van der Waals surface area contributed by atoms with E-state index in [2.05, 4.69) is 5.32 Å². The van der Waals surface area contributed by atoms with Crippen LogP contribution in [0.1, 0.15) is 46.8 Å². The van der Waals surface area contributed by atoms with Gasteiger partial charge in [-0.2, -0.15) is 0 Å². The van der Waals surface area contributed by atoms with Crippen molar-refractivity contribution in [2.45, 2.75) is 46.6 Å². The van der Waals surface area contributed by atoms with Crippen LogP contribution < -0.4 is 10.2 Å². The average Bonchev–Trinajstić information content (AvgIpc) is 3.24. The molecule has 0 aromatic heterocycles. The standard InChI is InChI=1S/C23H27N3O5/c1-14-11-15(2)21(16(3)12-14)24-22(27)17(4)31-23(28)18-7-8-19(20(13-18)26(29)30)25-9-5-6-10-25/h7-8,11-13,17H,5-6,9-10H2,1-4H3,(H,24,27)/t17-/m1/s1. The van der Waals surface area contributed by atoms with Crippen LogP contribution in [-0.4, -0.2) is 36.0 Å². The van der Waals surface area contributed by atoms with E-state index in [1.54, 1.807) is 6.07 Å². The van der Waals surface area contributed by atoms with Gasteiger partial charge in [-0.3, -0.25) is 14.9 Å². The molecule has 164 valence electrons. The second-order valence-corrected chi connectivity index (χ2v) is 7.97. The molecule has 2 aromatic carbocycles. The number of aryl methyl sites for hydroxylation is 3. The number of amides is 1. The predicted molar refractivity (Wildman–Crippen MR) is 119 cm³/mol. The molecule has 1 aliphatic heterocycles. The number of ether oxygens (including phenoxy) is 1. The summed E-state index contributed by atoms with van der Waals surface area (Å²) >= 11 is 0. The fourth-order valence-corrected chi connectivity index (χ4v) is 3.91. The summed E-state index contributed by atoms with van der Waals surface area (Å²) in [6.45, 7) is 8.74. The van der Waals surface area contributed by atoms with Crippen molar-refractivity contribution in [3.63, 3.8) is 0 Å². The third kappa shape index (κ3) is 5.02. The molecule has 1 heterocycles. The van der Waals surface area contributed by atoms with Gasteiger partial charge in [0.25, 0.3) is 11.6 Å². The van der Waals surface area contributed by atoms with Crippen molar-refractivity contribution in [1.82, 2.24) is 0 Å². The number of carbonyl (C=O) groups excluding carboxylic acids is 2. The molecule has 31 heavy (non-hydrogen) atoms. The molecule has 0 saturated carbocycles.